The van der Waals surface area contributed by atoms with Gasteiger partial charge in [0.2, 0.25) is 5.91 Å². The molecule has 1 aliphatic heterocycles. The number of aromatic nitrogens is 2. The molecule has 140 valence electrons. The summed E-state index contributed by atoms with van der Waals surface area (Å²) in [6.07, 6.45) is 4.88. The predicted molar refractivity (Wildman–Crippen MR) is 102 cm³/mol. The van der Waals surface area contributed by atoms with Gasteiger partial charge in [0.1, 0.15) is 0 Å². The van der Waals surface area contributed by atoms with Crippen molar-refractivity contribution < 1.29 is 9.53 Å². The first-order valence-electron chi connectivity index (χ1n) is 9.08. The number of nitrogens with zero attached hydrogens (tertiary/aromatic N) is 4. The number of hydrogen-bond donors (Lipinski definition) is 0. The zero-order valence-electron chi connectivity index (χ0n) is 15.3. The molecule has 2 aromatic rings. The second-order valence-electron chi connectivity index (χ2n) is 6.51. The highest BCUT2D eigenvalue weighted by Crippen LogP contribution is 2.12. The van der Waals surface area contributed by atoms with Crippen LogP contribution in [-0.2, 0) is 22.5 Å². The van der Waals surface area contributed by atoms with Crippen LogP contribution in [0.1, 0.15) is 22.7 Å². The molecule has 0 unspecified atom stereocenters. The van der Waals surface area contributed by atoms with E-state index in [0.29, 0.717) is 13.0 Å². The molecule has 0 radical (unpaired) electrons. The van der Waals surface area contributed by atoms with Crippen molar-refractivity contribution in [2.45, 2.75) is 26.3 Å². The maximum Gasteiger partial charge on any atom is 0.228 e. The average molecular weight is 375 g/mol. The van der Waals surface area contributed by atoms with Crippen molar-refractivity contribution in [2.75, 3.05) is 39.4 Å². The second kappa shape index (κ2) is 9.75. The summed E-state index contributed by atoms with van der Waals surface area (Å²) in [4.78, 5) is 25.7. The fourth-order valence-electron chi connectivity index (χ4n) is 3.07. The lowest BCUT2D eigenvalue weighted by atomic mass is 10.2. The van der Waals surface area contributed by atoms with Gasteiger partial charge >= 0.3 is 0 Å². The van der Waals surface area contributed by atoms with Gasteiger partial charge in [-0.25, -0.2) is 4.98 Å². The summed E-state index contributed by atoms with van der Waals surface area (Å²) in [5.74, 6) is 0.133. The molecule has 0 aromatic carbocycles. The lowest BCUT2D eigenvalue weighted by Crippen LogP contribution is -2.39. The fraction of sp³-hybridized carbons (Fsp3) is 0.526. The van der Waals surface area contributed by atoms with Gasteiger partial charge in [-0.15, -0.1) is 11.3 Å². The van der Waals surface area contributed by atoms with Gasteiger partial charge in [0.15, 0.2) is 0 Å². The van der Waals surface area contributed by atoms with E-state index in [-0.39, 0.29) is 5.91 Å². The minimum atomic E-state index is 0.133. The van der Waals surface area contributed by atoms with Gasteiger partial charge in [-0.2, -0.15) is 0 Å². The summed E-state index contributed by atoms with van der Waals surface area (Å²) in [6.45, 7) is 7.92. The topological polar surface area (TPSA) is 58.6 Å². The van der Waals surface area contributed by atoms with E-state index in [9.17, 15) is 4.79 Å². The maximum atomic E-state index is 12.8. The Labute approximate surface area is 158 Å². The summed E-state index contributed by atoms with van der Waals surface area (Å²) in [6, 6.07) is 3.94. The molecule has 2 aromatic heterocycles. The Morgan fingerprint density at radius 2 is 2.08 bits per heavy atom. The molecule has 0 spiro atoms. The normalized spacial score (nSPS) is 15.1. The summed E-state index contributed by atoms with van der Waals surface area (Å²) >= 11 is 1.59. The Bertz CT molecular complexity index is 686. The first-order valence-corrected chi connectivity index (χ1v) is 9.96. The Balaban J connectivity index is 1.57. The zero-order valence-corrected chi connectivity index (χ0v) is 16.1. The second-order valence-corrected chi connectivity index (χ2v) is 7.58. The third-order valence-electron chi connectivity index (χ3n) is 4.48. The molecule has 1 amide bonds. The van der Waals surface area contributed by atoms with Crippen LogP contribution in [0.15, 0.2) is 29.9 Å². The molecule has 3 heterocycles. The highest BCUT2D eigenvalue weighted by molar-refractivity contribution is 7.09. The highest BCUT2D eigenvalue weighted by atomic mass is 32.1. The van der Waals surface area contributed by atoms with Crippen LogP contribution in [0.3, 0.4) is 0 Å². The van der Waals surface area contributed by atoms with E-state index in [2.05, 4.69) is 14.9 Å². The van der Waals surface area contributed by atoms with Gasteiger partial charge in [0, 0.05) is 50.5 Å². The van der Waals surface area contributed by atoms with Crippen molar-refractivity contribution >= 4 is 17.2 Å². The minimum absolute atomic E-state index is 0.133. The molecule has 0 saturated carbocycles. The lowest BCUT2D eigenvalue weighted by Gasteiger charge is -2.28. The van der Waals surface area contributed by atoms with Gasteiger partial charge in [-0.3, -0.25) is 14.7 Å². The van der Waals surface area contributed by atoms with E-state index in [4.69, 9.17) is 4.74 Å². The Kier molecular flexibility index (Phi) is 7.11. The van der Waals surface area contributed by atoms with Crippen molar-refractivity contribution in [3.63, 3.8) is 0 Å². The monoisotopic (exact) mass is 374 g/mol. The summed E-state index contributed by atoms with van der Waals surface area (Å²) < 4.78 is 5.39. The molecular weight excluding hydrogens is 348 g/mol. The average Bonchev–Trinajstić information content (AvgIpc) is 3.07. The van der Waals surface area contributed by atoms with Crippen LogP contribution >= 0.6 is 11.3 Å². The molecule has 0 N–H and O–H groups in total. The largest absolute Gasteiger partial charge is 0.379 e. The van der Waals surface area contributed by atoms with Crippen molar-refractivity contribution in [2.24, 2.45) is 0 Å². The summed E-state index contributed by atoms with van der Waals surface area (Å²) in [7, 11) is 0. The van der Waals surface area contributed by atoms with Crippen molar-refractivity contribution in [3.8, 4) is 0 Å². The standard InChI is InChI=1S/C19H26N4O2S/c1-16-21-18(15-26-16)13-19(24)23(14-17-3-5-20-6-4-17)8-2-7-22-9-11-25-12-10-22/h3-6,15H,2,7-14H2,1H3. The number of thiazole rings is 1. The quantitative estimate of drug-likeness (QED) is 0.709. The molecule has 0 atom stereocenters. The molecule has 1 fully saturated rings. The molecule has 26 heavy (non-hydrogen) atoms. The van der Waals surface area contributed by atoms with Gasteiger partial charge in [0.25, 0.3) is 0 Å². The van der Waals surface area contributed by atoms with Gasteiger partial charge in [0.05, 0.1) is 30.3 Å². The first kappa shape index (κ1) is 18.9. The van der Waals surface area contributed by atoms with E-state index < -0.39 is 0 Å². The minimum Gasteiger partial charge on any atom is -0.379 e. The molecule has 6 nitrogen and oxygen atoms in total. The van der Waals surface area contributed by atoms with Crippen LogP contribution in [0.5, 0.6) is 0 Å². The number of aryl methyl sites for hydroxylation is 1. The number of carbonyl (C=O) groups excluding carboxylic acids is 1. The molecular formula is C19H26N4O2S. The van der Waals surface area contributed by atoms with Gasteiger partial charge < -0.3 is 9.64 Å². The van der Waals surface area contributed by atoms with E-state index in [1.807, 2.05) is 29.3 Å². The summed E-state index contributed by atoms with van der Waals surface area (Å²) in [5.41, 5.74) is 1.97. The molecule has 0 bridgehead atoms. The van der Waals surface area contributed by atoms with Crippen molar-refractivity contribution in [1.29, 1.82) is 0 Å². The number of ether oxygens (including phenoxy) is 1. The zero-order chi connectivity index (χ0) is 18.2. The van der Waals surface area contributed by atoms with E-state index in [1.165, 1.54) is 0 Å². The SMILES string of the molecule is Cc1nc(CC(=O)N(CCCN2CCOCC2)Cc2ccncc2)cs1. The number of pyridine rings is 1. The first-order chi connectivity index (χ1) is 12.7. The highest BCUT2D eigenvalue weighted by Gasteiger charge is 2.17. The van der Waals surface area contributed by atoms with Crippen LogP contribution in [0.4, 0.5) is 0 Å². The van der Waals surface area contributed by atoms with Crippen LogP contribution in [0.2, 0.25) is 0 Å². The third-order valence-corrected chi connectivity index (χ3v) is 5.30. The summed E-state index contributed by atoms with van der Waals surface area (Å²) in [5, 5.41) is 2.98. The number of rotatable bonds is 8. The smallest absolute Gasteiger partial charge is 0.228 e. The van der Waals surface area contributed by atoms with E-state index in [1.54, 1.807) is 23.7 Å². The van der Waals surface area contributed by atoms with Gasteiger partial charge in [-0.1, -0.05) is 0 Å². The molecule has 0 aliphatic carbocycles. The Morgan fingerprint density at radius 1 is 1.31 bits per heavy atom. The molecule has 3 rings (SSSR count). The number of morpholine rings is 1. The van der Waals surface area contributed by atoms with E-state index >= 15 is 0 Å². The van der Waals surface area contributed by atoms with Crippen molar-refractivity contribution in [3.05, 3.63) is 46.2 Å². The Hall–Kier alpha value is -1.83. The number of hydrogen-bond acceptors (Lipinski definition) is 6. The fourth-order valence-corrected chi connectivity index (χ4v) is 3.68. The van der Waals surface area contributed by atoms with Crippen molar-refractivity contribution in [1.82, 2.24) is 19.8 Å². The Morgan fingerprint density at radius 3 is 2.77 bits per heavy atom. The predicted octanol–water partition coefficient (Wildman–Crippen LogP) is 2.14. The van der Waals surface area contributed by atoms with Crippen LogP contribution in [0, 0.1) is 6.92 Å². The van der Waals surface area contributed by atoms with E-state index in [0.717, 1.165) is 62.1 Å². The maximum absolute atomic E-state index is 12.8. The molecule has 7 heteroatoms. The third kappa shape index (κ3) is 5.86. The molecule has 1 saturated heterocycles. The van der Waals surface area contributed by atoms with Crippen LogP contribution < -0.4 is 0 Å². The van der Waals surface area contributed by atoms with Gasteiger partial charge in [-0.05, 0) is 31.0 Å². The van der Waals surface area contributed by atoms with Crippen LogP contribution in [-0.4, -0.2) is 65.1 Å². The number of carbonyl (C=O) groups is 1. The lowest BCUT2D eigenvalue weighted by molar-refractivity contribution is -0.131. The molecule has 1 aliphatic rings. The number of amides is 1. The van der Waals surface area contributed by atoms with Crippen LogP contribution in [0.25, 0.3) is 0 Å².